The van der Waals surface area contributed by atoms with Gasteiger partial charge in [0.25, 0.3) is 0 Å². The molecule has 1 aromatic carbocycles. The van der Waals surface area contributed by atoms with E-state index in [4.69, 9.17) is 10.8 Å². The van der Waals surface area contributed by atoms with E-state index in [-0.39, 0.29) is 0 Å². The fraction of sp³-hybridized carbons (Fsp3) is 0.333. The molecule has 0 unspecified atom stereocenters. The lowest BCUT2D eigenvalue weighted by molar-refractivity contribution is -0.139. The Morgan fingerprint density at radius 3 is 2.68 bits per heavy atom. The molecular weight excluding hydrogens is 266 g/mol. The van der Waals surface area contributed by atoms with Crippen LogP contribution in [0.5, 0.6) is 0 Å². The molecule has 0 bridgehead atoms. The van der Waals surface area contributed by atoms with Crippen molar-refractivity contribution in [3.63, 3.8) is 0 Å². The van der Waals surface area contributed by atoms with Crippen LogP contribution in [0.25, 0.3) is 0 Å². The van der Waals surface area contributed by atoms with E-state index >= 15 is 0 Å². The van der Waals surface area contributed by atoms with Gasteiger partial charge < -0.3 is 21.5 Å². The Kier molecular flexibility index (Phi) is 6.01. The first-order chi connectivity index (χ1) is 9.04. The van der Waals surface area contributed by atoms with E-state index in [2.05, 4.69) is 10.6 Å². The van der Waals surface area contributed by atoms with Gasteiger partial charge in [0, 0.05) is 0 Å². The first-order valence-electron chi connectivity index (χ1n) is 5.68. The molecular formula is C12H17N3O3S. The second-order valence-corrected chi connectivity index (χ2v) is 4.84. The third kappa shape index (κ3) is 5.09. The van der Waals surface area contributed by atoms with E-state index in [1.807, 2.05) is 6.26 Å². The third-order valence-electron chi connectivity index (χ3n) is 2.42. The number of carboxylic acids is 1. The highest BCUT2D eigenvalue weighted by atomic mass is 32.2. The fourth-order valence-electron chi connectivity index (χ4n) is 1.42. The monoisotopic (exact) mass is 283 g/mol. The molecule has 7 heteroatoms. The van der Waals surface area contributed by atoms with Crippen molar-refractivity contribution < 1.29 is 14.7 Å². The summed E-state index contributed by atoms with van der Waals surface area (Å²) in [6.45, 7) is 0. The predicted molar refractivity (Wildman–Crippen MR) is 77.4 cm³/mol. The third-order valence-corrected chi connectivity index (χ3v) is 3.07. The van der Waals surface area contributed by atoms with Crippen LogP contribution < -0.4 is 16.4 Å². The molecule has 0 aromatic heterocycles. The van der Waals surface area contributed by atoms with Crippen LogP contribution in [0.4, 0.5) is 16.2 Å². The second-order valence-electron chi connectivity index (χ2n) is 3.86. The van der Waals surface area contributed by atoms with Crippen molar-refractivity contribution in [3.8, 4) is 0 Å². The number of hydrogen-bond donors (Lipinski definition) is 4. The number of aliphatic carboxylic acids is 1. The minimum absolute atomic E-state index is 0.369. The number of carbonyl (C=O) groups excluding carboxylic acids is 1. The van der Waals surface area contributed by atoms with Crippen molar-refractivity contribution >= 4 is 35.1 Å². The Hall–Kier alpha value is -1.89. The molecule has 0 aliphatic heterocycles. The van der Waals surface area contributed by atoms with Crippen molar-refractivity contribution in [1.82, 2.24) is 5.32 Å². The Morgan fingerprint density at radius 2 is 2.11 bits per heavy atom. The Morgan fingerprint density at radius 1 is 1.42 bits per heavy atom. The molecule has 2 amide bonds. The van der Waals surface area contributed by atoms with Crippen LogP contribution in [0.2, 0.25) is 0 Å². The van der Waals surface area contributed by atoms with E-state index < -0.39 is 18.0 Å². The van der Waals surface area contributed by atoms with Gasteiger partial charge in [-0.1, -0.05) is 12.1 Å². The summed E-state index contributed by atoms with van der Waals surface area (Å²) >= 11 is 1.53. The van der Waals surface area contributed by atoms with Crippen LogP contribution in [-0.4, -0.2) is 35.2 Å². The zero-order valence-corrected chi connectivity index (χ0v) is 11.4. The largest absolute Gasteiger partial charge is 0.480 e. The van der Waals surface area contributed by atoms with Gasteiger partial charge in [-0.3, -0.25) is 0 Å². The first kappa shape index (κ1) is 15.2. The minimum Gasteiger partial charge on any atom is -0.480 e. The molecule has 5 N–H and O–H groups in total. The summed E-state index contributed by atoms with van der Waals surface area (Å²) in [6.07, 6.45) is 2.25. The lowest BCUT2D eigenvalue weighted by Gasteiger charge is -2.15. The van der Waals surface area contributed by atoms with Gasteiger partial charge >= 0.3 is 12.0 Å². The molecule has 0 saturated carbocycles. The normalized spacial score (nSPS) is 11.6. The summed E-state index contributed by atoms with van der Waals surface area (Å²) in [6, 6.07) is 5.29. The Labute approximate surface area is 115 Å². The van der Waals surface area contributed by atoms with Crippen molar-refractivity contribution in [2.75, 3.05) is 23.1 Å². The molecule has 0 spiro atoms. The number of hydrogen-bond acceptors (Lipinski definition) is 4. The number of rotatable bonds is 6. The van der Waals surface area contributed by atoms with Crippen molar-refractivity contribution in [3.05, 3.63) is 24.3 Å². The highest BCUT2D eigenvalue weighted by Crippen LogP contribution is 2.16. The number of carboxylic acid groups (broad SMARTS) is 1. The number of para-hydroxylation sites is 2. The molecule has 0 radical (unpaired) electrons. The van der Waals surface area contributed by atoms with Gasteiger partial charge in [-0.25, -0.2) is 9.59 Å². The average Bonchev–Trinajstić information content (AvgIpc) is 2.37. The van der Waals surface area contributed by atoms with Gasteiger partial charge in [0.1, 0.15) is 6.04 Å². The van der Waals surface area contributed by atoms with E-state index in [0.717, 1.165) is 0 Å². The number of carbonyl (C=O) groups is 2. The smallest absolute Gasteiger partial charge is 0.326 e. The lowest BCUT2D eigenvalue weighted by Crippen LogP contribution is -2.43. The van der Waals surface area contributed by atoms with Crippen LogP contribution >= 0.6 is 11.8 Å². The molecule has 0 aliphatic carbocycles. The molecule has 104 valence electrons. The lowest BCUT2D eigenvalue weighted by atomic mass is 10.2. The molecule has 1 aromatic rings. The number of urea groups is 1. The molecule has 0 heterocycles. The van der Waals surface area contributed by atoms with Gasteiger partial charge in [-0.2, -0.15) is 11.8 Å². The van der Waals surface area contributed by atoms with Gasteiger partial charge in [0.05, 0.1) is 11.4 Å². The van der Waals surface area contributed by atoms with E-state index in [1.165, 1.54) is 11.8 Å². The van der Waals surface area contributed by atoms with E-state index in [0.29, 0.717) is 23.5 Å². The van der Waals surface area contributed by atoms with Gasteiger partial charge in [-0.15, -0.1) is 0 Å². The number of nitrogens with two attached hydrogens (primary N) is 1. The van der Waals surface area contributed by atoms with E-state index in [9.17, 15) is 9.59 Å². The Balaban J connectivity index is 2.58. The predicted octanol–water partition coefficient (Wildman–Crippen LogP) is 1.60. The van der Waals surface area contributed by atoms with Crippen molar-refractivity contribution in [1.29, 1.82) is 0 Å². The summed E-state index contributed by atoms with van der Waals surface area (Å²) in [5, 5.41) is 13.9. The maximum absolute atomic E-state index is 11.7. The average molecular weight is 283 g/mol. The van der Waals surface area contributed by atoms with E-state index in [1.54, 1.807) is 24.3 Å². The summed E-state index contributed by atoms with van der Waals surface area (Å²) < 4.78 is 0. The Bertz CT molecular complexity index is 454. The zero-order chi connectivity index (χ0) is 14.3. The molecule has 0 fully saturated rings. The molecule has 1 rings (SSSR count). The van der Waals surface area contributed by atoms with Crippen LogP contribution in [0.3, 0.4) is 0 Å². The van der Waals surface area contributed by atoms with Crippen LogP contribution in [0, 0.1) is 0 Å². The molecule has 0 aliphatic rings. The van der Waals surface area contributed by atoms with Gasteiger partial charge in [0.2, 0.25) is 0 Å². The maximum atomic E-state index is 11.7. The highest BCUT2D eigenvalue weighted by Gasteiger charge is 2.19. The van der Waals surface area contributed by atoms with Crippen LogP contribution in [0.1, 0.15) is 6.42 Å². The number of nitrogen functional groups attached to an aromatic ring is 1. The number of thioether (sulfide) groups is 1. The quantitative estimate of drug-likeness (QED) is 0.594. The summed E-state index contributed by atoms with van der Waals surface area (Å²) in [5.74, 6) is -0.393. The maximum Gasteiger partial charge on any atom is 0.326 e. The number of benzene rings is 1. The highest BCUT2D eigenvalue weighted by molar-refractivity contribution is 7.98. The second kappa shape index (κ2) is 7.52. The van der Waals surface area contributed by atoms with Crippen LogP contribution in [-0.2, 0) is 4.79 Å². The molecule has 6 nitrogen and oxygen atoms in total. The number of nitrogens with one attached hydrogen (secondary N) is 2. The molecule has 0 saturated heterocycles. The summed E-state index contributed by atoms with van der Waals surface area (Å²) in [7, 11) is 0. The number of anilines is 2. The topological polar surface area (TPSA) is 104 Å². The molecule has 1 atom stereocenters. The zero-order valence-electron chi connectivity index (χ0n) is 10.6. The van der Waals surface area contributed by atoms with Crippen LogP contribution in [0.15, 0.2) is 24.3 Å². The fourth-order valence-corrected chi connectivity index (χ4v) is 1.89. The summed E-state index contributed by atoms with van der Waals surface area (Å²) in [4.78, 5) is 22.7. The standard InChI is InChI=1S/C12H17N3O3S/c1-19-7-6-10(11(16)17)15-12(18)14-9-5-3-2-4-8(9)13/h2-5,10H,6-7,13H2,1H3,(H,16,17)(H2,14,15,18)/t10-/m0/s1. The number of amides is 2. The van der Waals surface area contributed by atoms with Crippen molar-refractivity contribution in [2.24, 2.45) is 0 Å². The van der Waals surface area contributed by atoms with Gasteiger partial charge in [-0.05, 0) is 30.6 Å². The SMILES string of the molecule is CSCC[C@H](NC(=O)Nc1ccccc1N)C(=O)O. The molecule has 19 heavy (non-hydrogen) atoms. The van der Waals surface area contributed by atoms with Crippen molar-refractivity contribution in [2.45, 2.75) is 12.5 Å². The van der Waals surface area contributed by atoms with Gasteiger partial charge in [0.15, 0.2) is 0 Å². The summed E-state index contributed by atoms with van der Waals surface area (Å²) in [5.41, 5.74) is 6.55. The minimum atomic E-state index is -1.05. The first-order valence-corrected chi connectivity index (χ1v) is 7.07.